The highest BCUT2D eigenvalue weighted by molar-refractivity contribution is 6.35. The Labute approximate surface area is 144 Å². The van der Waals surface area contributed by atoms with E-state index in [2.05, 4.69) is 5.32 Å². The summed E-state index contributed by atoms with van der Waals surface area (Å²) in [6.07, 6.45) is -0.739. The van der Waals surface area contributed by atoms with Crippen molar-refractivity contribution < 1.29 is 13.9 Å². The quantitative estimate of drug-likeness (QED) is 0.838. The minimum absolute atomic E-state index is 0.269. The van der Waals surface area contributed by atoms with E-state index in [1.807, 2.05) is 6.92 Å². The molecule has 0 bridgehead atoms. The molecule has 0 aliphatic heterocycles. The molecule has 1 amide bonds. The molecule has 0 unspecified atom stereocenters. The van der Waals surface area contributed by atoms with E-state index < -0.39 is 6.10 Å². The first-order valence-electron chi connectivity index (χ1n) is 7.04. The van der Waals surface area contributed by atoms with Crippen LogP contribution < -0.4 is 10.1 Å². The summed E-state index contributed by atoms with van der Waals surface area (Å²) in [7, 11) is 0. The number of halogens is 3. The smallest absolute Gasteiger partial charge is 0.261 e. The van der Waals surface area contributed by atoms with Gasteiger partial charge in [-0.2, -0.15) is 0 Å². The predicted molar refractivity (Wildman–Crippen MR) is 89.5 cm³/mol. The van der Waals surface area contributed by atoms with Gasteiger partial charge in [0.25, 0.3) is 5.91 Å². The van der Waals surface area contributed by atoms with Gasteiger partial charge in [-0.15, -0.1) is 0 Å². The molecular weight excluding hydrogens is 340 g/mol. The molecular formula is C17H16Cl2FNO2. The number of hydrogen-bond donors (Lipinski definition) is 1. The van der Waals surface area contributed by atoms with Gasteiger partial charge in [0.15, 0.2) is 6.10 Å². The van der Waals surface area contributed by atoms with Crippen LogP contribution in [0, 0.1) is 5.82 Å². The second-order valence-electron chi connectivity index (χ2n) is 5.12. The molecule has 23 heavy (non-hydrogen) atoms. The first-order chi connectivity index (χ1) is 10.9. The van der Waals surface area contributed by atoms with E-state index in [0.717, 1.165) is 5.56 Å². The third kappa shape index (κ3) is 4.85. The monoisotopic (exact) mass is 355 g/mol. The summed E-state index contributed by atoms with van der Waals surface area (Å²) in [6.45, 7) is 3.44. The lowest BCUT2D eigenvalue weighted by atomic mass is 10.1. The minimum atomic E-state index is -0.739. The van der Waals surface area contributed by atoms with E-state index in [0.29, 0.717) is 15.8 Å². The van der Waals surface area contributed by atoms with Gasteiger partial charge < -0.3 is 10.1 Å². The van der Waals surface area contributed by atoms with E-state index >= 15 is 0 Å². The summed E-state index contributed by atoms with van der Waals surface area (Å²) in [5, 5.41) is 3.64. The van der Waals surface area contributed by atoms with Gasteiger partial charge in [0.2, 0.25) is 0 Å². The third-order valence-corrected chi connectivity index (χ3v) is 3.83. The second-order valence-corrected chi connectivity index (χ2v) is 5.96. The highest BCUT2D eigenvalue weighted by atomic mass is 35.5. The Hall–Kier alpha value is -1.78. The molecule has 0 saturated heterocycles. The molecule has 1 N–H and O–H groups in total. The van der Waals surface area contributed by atoms with Crippen LogP contribution in [0.1, 0.15) is 25.5 Å². The summed E-state index contributed by atoms with van der Waals surface area (Å²) in [5.74, 6) is -0.234. The first kappa shape index (κ1) is 17.6. The lowest BCUT2D eigenvalue weighted by molar-refractivity contribution is -0.127. The maximum atomic E-state index is 12.9. The van der Waals surface area contributed by atoms with Crippen LogP contribution in [-0.4, -0.2) is 12.0 Å². The molecule has 0 aromatic heterocycles. The topological polar surface area (TPSA) is 38.3 Å². The van der Waals surface area contributed by atoms with Crippen molar-refractivity contribution >= 4 is 29.1 Å². The number of rotatable bonds is 5. The van der Waals surface area contributed by atoms with Crippen molar-refractivity contribution in [3.05, 3.63) is 63.9 Å². The SMILES string of the molecule is C[C@H](NC(=O)[C@@H](C)Oc1ccc(Cl)cc1Cl)c1ccc(F)cc1. The van der Waals surface area contributed by atoms with Crippen LogP contribution in [0.15, 0.2) is 42.5 Å². The van der Waals surface area contributed by atoms with Crippen molar-refractivity contribution in [2.45, 2.75) is 26.0 Å². The van der Waals surface area contributed by atoms with Crippen molar-refractivity contribution in [3.63, 3.8) is 0 Å². The Morgan fingerprint density at radius 2 is 1.78 bits per heavy atom. The molecule has 0 aliphatic rings. The van der Waals surface area contributed by atoms with Gasteiger partial charge >= 0.3 is 0 Å². The van der Waals surface area contributed by atoms with Gasteiger partial charge in [0.1, 0.15) is 11.6 Å². The number of carbonyl (C=O) groups excluding carboxylic acids is 1. The number of ether oxygens (including phenoxy) is 1. The summed E-state index contributed by atoms with van der Waals surface area (Å²) < 4.78 is 18.5. The molecule has 2 aromatic rings. The molecule has 6 heteroatoms. The van der Waals surface area contributed by atoms with E-state index in [4.69, 9.17) is 27.9 Å². The number of benzene rings is 2. The van der Waals surface area contributed by atoms with Gasteiger partial charge in [-0.1, -0.05) is 35.3 Å². The summed E-state index contributed by atoms with van der Waals surface area (Å²) >= 11 is 11.8. The zero-order valence-electron chi connectivity index (χ0n) is 12.6. The van der Waals surface area contributed by atoms with E-state index in [1.165, 1.54) is 12.1 Å². The van der Waals surface area contributed by atoms with E-state index in [9.17, 15) is 9.18 Å². The molecule has 0 fully saturated rings. The van der Waals surface area contributed by atoms with Gasteiger partial charge in [-0.3, -0.25) is 4.79 Å². The zero-order valence-corrected chi connectivity index (χ0v) is 14.2. The first-order valence-corrected chi connectivity index (χ1v) is 7.80. The van der Waals surface area contributed by atoms with Crippen LogP contribution in [0.4, 0.5) is 4.39 Å². The fourth-order valence-corrected chi connectivity index (χ4v) is 2.43. The van der Waals surface area contributed by atoms with E-state index in [-0.39, 0.29) is 17.8 Å². The number of carbonyl (C=O) groups is 1. The molecule has 2 rings (SSSR count). The number of hydrogen-bond acceptors (Lipinski definition) is 2. The zero-order chi connectivity index (χ0) is 17.0. The lowest BCUT2D eigenvalue weighted by Crippen LogP contribution is -2.37. The molecule has 0 aliphatic carbocycles. The van der Waals surface area contributed by atoms with Crippen molar-refractivity contribution in [2.24, 2.45) is 0 Å². The predicted octanol–water partition coefficient (Wildman–Crippen LogP) is 4.78. The fourth-order valence-electron chi connectivity index (χ4n) is 1.98. The second kappa shape index (κ2) is 7.66. The molecule has 122 valence electrons. The molecule has 3 nitrogen and oxygen atoms in total. The Balaban J connectivity index is 1.98. The average molecular weight is 356 g/mol. The Morgan fingerprint density at radius 1 is 1.13 bits per heavy atom. The van der Waals surface area contributed by atoms with E-state index in [1.54, 1.807) is 37.3 Å². The Morgan fingerprint density at radius 3 is 2.39 bits per heavy atom. The number of nitrogens with one attached hydrogen (secondary N) is 1. The van der Waals surface area contributed by atoms with Crippen LogP contribution >= 0.6 is 23.2 Å². The van der Waals surface area contributed by atoms with Crippen LogP contribution in [0.25, 0.3) is 0 Å². The standard InChI is InChI=1S/C17H16Cl2FNO2/c1-10(12-3-6-14(20)7-4-12)21-17(22)11(2)23-16-8-5-13(18)9-15(16)19/h3-11H,1-2H3,(H,21,22)/t10-,11+/m0/s1. The Bertz CT molecular complexity index is 691. The average Bonchev–Trinajstić information content (AvgIpc) is 2.50. The normalized spacial score (nSPS) is 13.3. The Kier molecular flexibility index (Phi) is 5.85. The van der Waals surface area contributed by atoms with Crippen LogP contribution in [-0.2, 0) is 4.79 Å². The maximum Gasteiger partial charge on any atom is 0.261 e. The van der Waals surface area contributed by atoms with Crippen molar-refractivity contribution in [3.8, 4) is 5.75 Å². The summed E-state index contributed by atoms with van der Waals surface area (Å²) in [6, 6.07) is 10.5. The summed E-state index contributed by atoms with van der Waals surface area (Å²) in [4.78, 5) is 12.2. The molecule has 0 saturated carbocycles. The third-order valence-electron chi connectivity index (χ3n) is 3.30. The van der Waals surface area contributed by atoms with Crippen molar-refractivity contribution in [2.75, 3.05) is 0 Å². The van der Waals surface area contributed by atoms with Gasteiger partial charge in [-0.25, -0.2) is 4.39 Å². The van der Waals surface area contributed by atoms with Crippen molar-refractivity contribution in [1.82, 2.24) is 5.32 Å². The largest absolute Gasteiger partial charge is 0.479 e. The molecule has 2 aromatic carbocycles. The van der Waals surface area contributed by atoms with Gasteiger partial charge in [0.05, 0.1) is 11.1 Å². The highest BCUT2D eigenvalue weighted by Crippen LogP contribution is 2.28. The van der Waals surface area contributed by atoms with Crippen molar-refractivity contribution in [1.29, 1.82) is 0 Å². The maximum absolute atomic E-state index is 12.9. The molecule has 0 radical (unpaired) electrons. The van der Waals surface area contributed by atoms with Gasteiger partial charge in [0, 0.05) is 5.02 Å². The minimum Gasteiger partial charge on any atom is -0.479 e. The van der Waals surface area contributed by atoms with Crippen LogP contribution in [0.3, 0.4) is 0 Å². The van der Waals surface area contributed by atoms with Gasteiger partial charge in [-0.05, 0) is 49.7 Å². The number of amides is 1. The molecule has 0 spiro atoms. The highest BCUT2D eigenvalue weighted by Gasteiger charge is 2.18. The fraction of sp³-hybridized carbons (Fsp3) is 0.235. The molecule has 0 heterocycles. The molecule has 2 atom stereocenters. The van der Waals surface area contributed by atoms with Crippen LogP contribution in [0.5, 0.6) is 5.75 Å². The lowest BCUT2D eigenvalue weighted by Gasteiger charge is -2.19. The summed E-state index contributed by atoms with van der Waals surface area (Å²) in [5.41, 5.74) is 0.802. The van der Waals surface area contributed by atoms with Crippen LogP contribution in [0.2, 0.25) is 10.0 Å².